The Morgan fingerprint density at radius 1 is 1.25 bits per heavy atom. The third-order valence-electron chi connectivity index (χ3n) is 6.02. The number of rotatable bonds is 5. The molecule has 0 radical (unpaired) electrons. The van der Waals surface area contributed by atoms with Crippen molar-refractivity contribution in [2.24, 2.45) is 11.3 Å². The van der Waals surface area contributed by atoms with E-state index in [0.29, 0.717) is 18.2 Å². The minimum atomic E-state index is -0.256. The zero-order chi connectivity index (χ0) is 19.7. The number of hydrogen-bond acceptors (Lipinski definition) is 3. The minimum Gasteiger partial charge on any atom is -0.342 e. The van der Waals surface area contributed by atoms with Crippen LogP contribution in [-0.4, -0.2) is 51.7 Å². The summed E-state index contributed by atoms with van der Waals surface area (Å²) >= 11 is 0. The monoisotopic (exact) mass is 384 g/mol. The molecular weight excluding hydrogens is 355 g/mol. The summed E-state index contributed by atoms with van der Waals surface area (Å²) in [6.45, 7) is 9.01. The Morgan fingerprint density at radius 3 is 2.75 bits per heavy atom. The van der Waals surface area contributed by atoms with Crippen molar-refractivity contribution < 1.29 is 9.18 Å². The molecule has 2 aliphatic heterocycles. The average molecular weight is 384 g/mol. The van der Waals surface area contributed by atoms with Gasteiger partial charge >= 0.3 is 0 Å². The van der Waals surface area contributed by atoms with Gasteiger partial charge in [0.05, 0.1) is 11.9 Å². The third kappa shape index (κ3) is 4.12. The van der Waals surface area contributed by atoms with Crippen LogP contribution >= 0.6 is 0 Å². The van der Waals surface area contributed by atoms with Gasteiger partial charge in [-0.15, -0.1) is 0 Å². The standard InChI is InChI=1S/C22H29FN4O/c1-17(2)13-26-16-22(11-21(26)28)6-8-25(9-7-22)14-18-12-24-27(15-18)20-5-3-4-19(23)10-20/h3-5,10,12,15,17H,6-9,11,13-14,16H2,1-2H3. The van der Waals surface area contributed by atoms with E-state index in [9.17, 15) is 9.18 Å². The van der Waals surface area contributed by atoms with Crippen LogP contribution < -0.4 is 0 Å². The highest BCUT2D eigenvalue weighted by Crippen LogP contribution is 2.41. The molecule has 2 aromatic rings. The van der Waals surface area contributed by atoms with E-state index in [1.54, 1.807) is 10.7 Å². The van der Waals surface area contributed by atoms with E-state index in [1.807, 2.05) is 18.5 Å². The van der Waals surface area contributed by atoms with Crippen LogP contribution in [0.5, 0.6) is 0 Å². The van der Waals surface area contributed by atoms with Crippen LogP contribution in [0, 0.1) is 17.2 Å². The summed E-state index contributed by atoms with van der Waals surface area (Å²) in [5.74, 6) is 0.598. The van der Waals surface area contributed by atoms with Gasteiger partial charge in [0.15, 0.2) is 0 Å². The second kappa shape index (κ2) is 7.66. The Bertz CT molecular complexity index is 839. The maximum absolute atomic E-state index is 13.4. The second-order valence-electron chi connectivity index (χ2n) is 8.89. The van der Waals surface area contributed by atoms with Gasteiger partial charge < -0.3 is 4.90 Å². The fraction of sp³-hybridized carbons (Fsp3) is 0.545. The van der Waals surface area contributed by atoms with Crippen molar-refractivity contribution in [3.05, 3.63) is 48.0 Å². The molecule has 0 aliphatic carbocycles. The van der Waals surface area contributed by atoms with Crippen LogP contribution in [0.2, 0.25) is 0 Å². The van der Waals surface area contributed by atoms with Gasteiger partial charge in [-0.1, -0.05) is 19.9 Å². The van der Waals surface area contributed by atoms with E-state index < -0.39 is 0 Å². The smallest absolute Gasteiger partial charge is 0.223 e. The molecule has 150 valence electrons. The van der Waals surface area contributed by atoms with E-state index in [-0.39, 0.29) is 11.2 Å². The zero-order valence-corrected chi connectivity index (χ0v) is 16.8. The summed E-state index contributed by atoms with van der Waals surface area (Å²) in [6, 6.07) is 6.47. The molecule has 2 saturated heterocycles. The minimum absolute atomic E-state index is 0.175. The first-order chi connectivity index (χ1) is 13.4. The van der Waals surface area contributed by atoms with E-state index in [4.69, 9.17) is 0 Å². The van der Waals surface area contributed by atoms with Crippen molar-refractivity contribution in [1.29, 1.82) is 0 Å². The van der Waals surface area contributed by atoms with E-state index in [2.05, 4.69) is 28.7 Å². The molecule has 6 heteroatoms. The highest BCUT2D eigenvalue weighted by Gasteiger charge is 2.44. The van der Waals surface area contributed by atoms with Crippen molar-refractivity contribution >= 4 is 5.91 Å². The summed E-state index contributed by atoms with van der Waals surface area (Å²) in [7, 11) is 0. The Hall–Kier alpha value is -2.21. The molecule has 1 amide bonds. The first-order valence-corrected chi connectivity index (χ1v) is 10.2. The van der Waals surface area contributed by atoms with Gasteiger partial charge in [-0.3, -0.25) is 9.69 Å². The Balaban J connectivity index is 1.34. The van der Waals surface area contributed by atoms with Crippen LogP contribution in [0.4, 0.5) is 4.39 Å². The summed E-state index contributed by atoms with van der Waals surface area (Å²) in [6.07, 6.45) is 6.70. The highest BCUT2D eigenvalue weighted by molar-refractivity contribution is 5.79. The van der Waals surface area contributed by atoms with Crippen molar-refractivity contribution in [3.8, 4) is 5.69 Å². The van der Waals surface area contributed by atoms with Crippen LogP contribution in [0.25, 0.3) is 5.69 Å². The number of carbonyl (C=O) groups excluding carboxylic acids is 1. The molecule has 2 aliphatic rings. The van der Waals surface area contributed by atoms with Gasteiger partial charge in [0, 0.05) is 37.8 Å². The number of hydrogen-bond donors (Lipinski definition) is 0. The van der Waals surface area contributed by atoms with Crippen LogP contribution in [-0.2, 0) is 11.3 Å². The van der Waals surface area contributed by atoms with Gasteiger partial charge in [-0.25, -0.2) is 9.07 Å². The molecule has 5 nitrogen and oxygen atoms in total. The lowest BCUT2D eigenvalue weighted by Crippen LogP contribution is -2.41. The number of likely N-dealkylation sites (tertiary alicyclic amines) is 2. The van der Waals surface area contributed by atoms with Crippen LogP contribution in [0.3, 0.4) is 0 Å². The van der Waals surface area contributed by atoms with Crippen molar-refractivity contribution in [2.45, 2.75) is 39.7 Å². The molecule has 4 rings (SSSR count). The number of carbonyl (C=O) groups is 1. The molecule has 28 heavy (non-hydrogen) atoms. The highest BCUT2D eigenvalue weighted by atomic mass is 19.1. The van der Waals surface area contributed by atoms with Gasteiger partial charge in [-0.2, -0.15) is 5.10 Å². The first-order valence-electron chi connectivity index (χ1n) is 10.2. The molecule has 3 heterocycles. The molecule has 0 saturated carbocycles. The first kappa shape index (κ1) is 19.1. The van der Waals surface area contributed by atoms with E-state index >= 15 is 0 Å². The Labute approximate surface area is 166 Å². The molecule has 1 aromatic heterocycles. The topological polar surface area (TPSA) is 41.4 Å². The molecular formula is C22H29FN4O. The number of piperidine rings is 1. The Morgan fingerprint density at radius 2 is 2.04 bits per heavy atom. The molecule has 0 unspecified atom stereocenters. The predicted molar refractivity (Wildman–Crippen MR) is 107 cm³/mol. The number of halogens is 1. The van der Waals surface area contributed by atoms with Crippen LogP contribution in [0.15, 0.2) is 36.7 Å². The summed E-state index contributed by atoms with van der Waals surface area (Å²) in [4.78, 5) is 16.9. The zero-order valence-electron chi connectivity index (χ0n) is 16.8. The van der Waals surface area contributed by atoms with Gasteiger partial charge in [-0.05, 0) is 55.5 Å². The molecule has 1 aromatic carbocycles. The van der Waals surface area contributed by atoms with Crippen molar-refractivity contribution in [1.82, 2.24) is 19.6 Å². The normalized spacial score (nSPS) is 19.9. The fourth-order valence-electron chi connectivity index (χ4n) is 4.57. The molecule has 1 spiro atoms. The van der Waals surface area contributed by atoms with Gasteiger partial charge in [0.25, 0.3) is 0 Å². The van der Waals surface area contributed by atoms with Crippen molar-refractivity contribution in [3.63, 3.8) is 0 Å². The molecule has 0 bridgehead atoms. The summed E-state index contributed by atoms with van der Waals surface area (Å²) < 4.78 is 15.2. The average Bonchev–Trinajstić information content (AvgIpc) is 3.22. The maximum atomic E-state index is 13.4. The maximum Gasteiger partial charge on any atom is 0.223 e. The number of aromatic nitrogens is 2. The van der Waals surface area contributed by atoms with Gasteiger partial charge in [0.1, 0.15) is 5.82 Å². The quantitative estimate of drug-likeness (QED) is 0.793. The lowest BCUT2D eigenvalue weighted by atomic mass is 9.77. The van der Waals surface area contributed by atoms with Gasteiger partial charge in [0.2, 0.25) is 5.91 Å². The molecule has 0 N–H and O–H groups in total. The fourth-order valence-corrected chi connectivity index (χ4v) is 4.57. The number of nitrogens with zero attached hydrogens (tertiary/aromatic N) is 4. The lowest BCUT2D eigenvalue weighted by Gasteiger charge is -2.38. The predicted octanol–water partition coefficient (Wildman–Crippen LogP) is 3.48. The largest absolute Gasteiger partial charge is 0.342 e. The van der Waals surface area contributed by atoms with E-state index in [0.717, 1.165) is 56.8 Å². The SMILES string of the molecule is CC(C)CN1CC2(CCN(Cc3cnn(-c4cccc(F)c4)c3)CC2)CC1=O. The molecule has 0 atom stereocenters. The number of benzene rings is 1. The summed E-state index contributed by atoms with van der Waals surface area (Å²) in [5, 5.41) is 4.38. The van der Waals surface area contributed by atoms with E-state index in [1.165, 1.54) is 12.1 Å². The van der Waals surface area contributed by atoms with Crippen molar-refractivity contribution in [2.75, 3.05) is 26.2 Å². The summed E-state index contributed by atoms with van der Waals surface area (Å²) in [5.41, 5.74) is 2.04. The third-order valence-corrected chi connectivity index (χ3v) is 6.02. The second-order valence-corrected chi connectivity index (χ2v) is 8.89. The number of amides is 1. The molecule has 2 fully saturated rings. The van der Waals surface area contributed by atoms with Crippen LogP contribution in [0.1, 0.15) is 38.7 Å². The Kier molecular flexibility index (Phi) is 5.23. The lowest BCUT2D eigenvalue weighted by molar-refractivity contribution is -0.128.